The molecular formula is C15H22N2O4S. The highest BCUT2D eigenvalue weighted by atomic mass is 32.2. The number of ether oxygens (including phenoxy) is 1. The summed E-state index contributed by atoms with van der Waals surface area (Å²) in [5.74, 6) is 0.436. The van der Waals surface area contributed by atoms with Crippen molar-refractivity contribution >= 4 is 15.9 Å². The highest BCUT2D eigenvalue weighted by Crippen LogP contribution is 2.24. The highest BCUT2D eigenvalue weighted by molar-refractivity contribution is 7.89. The Balaban J connectivity index is 2.25. The smallest absolute Gasteiger partial charge is 0.243 e. The highest BCUT2D eigenvalue weighted by Gasteiger charge is 2.37. The Bertz CT molecular complexity index is 640. The van der Waals surface area contributed by atoms with E-state index < -0.39 is 16.1 Å². The number of rotatable bonds is 4. The van der Waals surface area contributed by atoms with E-state index in [1.807, 2.05) is 13.8 Å². The van der Waals surface area contributed by atoms with Crippen LogP contribution < -0.4 is 4.74 Å². The van der Waals surface area contributed by atoms with Crippen molar-refractivity contribution in [3.05, 3.63) is 24.3 Å². The van der Waals surface area contributed by atoms with Crippen LogP contribution in [0.1, 0.15) is 20.8 Å². The second kappa shape index (κ2) is 6.26. The second-order valence-corrected chi connectivity index (χ2v) is 7.58. The normalized spacial score (nSPS) is 20.5. The Morgan fingerprint density at radius 2 is 1.77 bits per heavy atom. The van der Waals surface area contributed by atoms with E-state index in [0.29, 0.717) is 18.8 Å². The van der Waals surface area contributed by atoms with E-state index in [9.17, 15) is 13.2 Å². The number of carbonyl (C=O) groups excluding carboxylic acids is 1. The van der Waals surface area contributed by atoms with Crippen LogP contribution in [0.15, 0.2) is 29.2 Å². The van der Waals surface area contributed by atoms with Gasteiger partial charge in [0, 0.05) is 20.1 Å². The number of hydrogen-bond donors (Lipinski definition) is 0. The molecule has 1 unspecified atom stereocenters. The molecule has 1 amide bonds. The molecule has 0 saturated carbocycles. The van der Waals surface area contributed by atoms with E-state index in [1.165, 1.54) is 16.4 Å². The van der Waals surface area contributed by atoms with Gasteiger partial charge in [-0.1, -0.05) is 0 Å². The Kier molecular flexibility index (Phi) is 4.77. The lowest BCUT2D eigenvalue weighted by Crippen LogP contribution is -2.56. The minimum atomic E-state index is -3.68. The summed E-state index contributed by atoms with van der Waals surface area (Å²) in [6, 6.07) is 5.62. The summed E-state index contributed by atoms with van der Waals surface area (Å²) in [6.45, 7) is 6.13. The first kappa shape index (κ1) is 16.8. The Morgan fingerprint density at radius 1 is 1.18 bits per heavy atom. The molecule has 0 bridgehead atoms. The topological polar surface area (TPSA) is 66.9 Å². The van der Waals surface area contributed by atoms with E-state index in [4.69, 9.17) is 4.74 Å². The molecule has 0 aromatic heterocycles. The lowest BCUT2D eigenvalue weighted by Gasteiger charge is -2.36. The SMILES string of the molecule is CC(C)Oc1ccc(S(=O)(=O)N2CCN(C)C(=O)C2C)cc1. The first-order chi connectivity index (χ1) is 10.2. The van der Waals surface area contributed by atoms with Crippen molar-refractivity contribution in [3.63, 3.8) is 0 Å². The maximum atomic E-state index is 12.7. The summed E-state index contributed by atoms with van der Waals surface area (Å²) >= 11 is 0. The van der Waals surface area contributed by atoms with Crippen LogP contribution in [0.3, 0.4) is 0 Å². The number of benzene rings is 1. The zero-order chi connectivity index (χ0) is 16.5. The summed E-state index contributed by atoms with van der Waals surface area (Å²) in [6.07, 6.45) is 0.0257. The second-order valence-electron chi connectivity index (χ2n) is 5.69. The average Bonchev–Trinajstić information content (AvgIpc) is 2.44. The van der Waals surface area contributed by atoms with Crippen molar-refractivity contribution in [2.45, 2.75) is 37.8 Å². The molecule has 1 aliphatic heterocycles. The Labute approximate surface area is 131 Å². The molecule has 2 rings (SSSR count). The zero-order valence-electron chi connectivity index (χ0n) is 13.3. The number of piperazine rings is 1. The number of nitrogens with zero attached hydrogens (tertiary/aromatic N) is 2. The summed E-state index contributed by atoms with van der Waals surface area (Å²) in [5.41, 5.74) is 0. The van der Waals surface area contributed by atoms with Crippen molar-refractivity contribution in [2.75, 3.05) is 20.1 Å². The van der Waals surface area contributed by atoms with Gasteiger partial charge in [-0.25, -0.2) is 8.42 Å². The molecule has 1 saturated heterocycles. The van der Waals surface area contributed by atoms with E-state index >= 15 is 0 Å². The van der Waals surface area contributed by atoms with Gasteiger partial charge in [0.05, 0.1) is 11.0 Å². The summed E-state index contributed by atoms with van der Waals surface area (Å²) in [5, 5.41) is 0. The number of amides is 1. The van der Waals surface area contributed by atoms with E-state index in [1.54, 1.807) is 31.0 Å². The number of hydrogen-bond acceptors (Lipinski definition) is 4. The zero-order valence-corrected chi connectivity index (χ0v) is 14.1. The molecule has 0 aliphatic carbocycles. The van der Waals surface area contributed by atoms with Gasteiger partial charge in [0.2, 0.25) is 15.9 Å². The van der Waals surface area contributed by atoms with Gasteiger partial charge >= 0.3 is 0 Å². The van der Waals surface area contributed by atoms with Crippen molar-refractivity contribution in [2.24, 2.45) is 0 Å². The molecule has 22 heavy (non-hydrogen) atoms. The van der Waals surface area contributed by atoms with Gasteiger partial charge in [0.25, 0.3) is 0 Å². The van der Waals surface area contributed by atoms with Gasteiger partial charge in [-0.2, -0.15) is 4.31 Å². The first-order valence-corrected chi connectivity index (χ1v) is 8.71. The van der Waals surface area contributed by atoms with Gasteiger partial charge in [-0.15, -0.1) is 0 Å². The average molecular weight is 326 g/mol. The first-order valence-electron chi connectivity index (χ1n) is 7.27. The molecule has 0 radical (unpaired) electrons. The fourth-order valence-corrected chi connectivity index (χ4v) is 4.00. The lowest BCUT2D eigenvalue weighted by atomic mass is 10.2. The van der Waals surface area contributed by atoms with Crippen LogP contribution in [0, 0.1) is 0 Å². The van der Waals surface area contributed by atoms with E-state index in [2.05, 4.69) is 0 Å². The fraction of sp³-hybridized carbons (Fsp3) is 0.533. The fourth-order valence-electron chi connectivity index (χ4n) is 2.42. The third-order valence-electron chi connectivity index (χ3n) is 3.62. The minimum Gasteiger partial charge on any atom is -0.491 e. The standard InChI is InChI=1S/C15H22N2O4S/c1-11(2)21-13-5-7-14(8-6-13)22(19,20)17-10-9-16(4)15(18)12(17)3/h5-8,11-12H,9-10H2,1-4H3. The predicted octanol–water partition coefficient (Wildman–Crippen LogP) is 1.32. The molecular weight excluding hydrogens is 304 g/mol. The quantitative estimate of drug-likeness (QED) is 0.837. The molecule has 1 aliphatic rings. The Hall–Kier alpha value is -1.60. The molecule has 0 spiro atoms. The summed E-state index contributed by atoms with van der Waals surface area (Å²) in [4.78, 5) is 13.7. The molecule has 1 atom stereocenters. The Morgan fingerprint density at radius 3 is 2.32 bits per heavy atom. The maximum Gasteiger partial charge on any atom is 0.243 e. The molecule has 1 fully saturated rings. The number of likely N-dealkylation sites (N-methyl/N-ethyl adjacent to an activating group) is 1. The van der Waals surface area contributed by atoms with E-state index in [0.717, 1.165) is 0 Å². The van der Waals surface area contributed by atoms with Crippen LogP contribution in [0.5, 0.6) is 5.75 Å². The molecule has 1 aromatic rings. The maximum absolute atomic E-state index is 12.7. The lowest BCUT2D eigenvalue weighted by molar-refractivity contribution is -0.136. The summed E-state index contributed by atoms with van der Waals surface area (Å²) in [7, 11) is -2.00. The van der Waals surface area contributed by atoms with Gasteiger partial charge in [-0.3, -0.25) is 4.79 Å². The van der Waals surface area contributed by atoms with Crippen molar-refractivity contribution in [3.8, 4) is 5.75 Å². The summed E-state index contributed by atoms with van der Waals surface area (Å²) < 4.78 is 32.2. The van der Waals surface area contributed by atoms with Crippen LogP contribution in [0.2, 0.25) is 0 Å². The van der Waals surface area contributed by atoms with Crippen LogP contribution in [-0.4, -0.2) is 55.8 Å². The van der Waals surface area contributed by atoms with Crippen LogP contribution >= 0.6 is 0 Å². The molecule has 7 heteroatoms. The van der Waals surface area contributed by atoms with Crippen LogP contribution in [-0.2, 0) is 14.8 Å². The van der Waals surface area contributed by atoms with Gasteiger partial charge < -0.3 is 9.64 Å². The van der Waals surface area contributed by atoms with Gasteiger partial charge in [0.1, 0.15) is 11.8 Å². The van der Waals surface area contributed by atoms with Gasteiger partial charge in [-0.05, 0) is 45.0 Å². The molecule has 1 heterocycles. The molecule has 1 aromatic carbocycles. The molecule has 6 nitrogen and oxygen atoms in total. The number of sulfonamides is 1. The molecule has 0 N–H and O–H groups in total. The van der Waals surface area contributed by atoms with Crippen LogP contribution in [0.4, 0.5) is 0 Å². The molecule has 122 valence electrons. The third-order valence-corrected chi connectivity index (χ3v) is 5.61. The monoisotopic (exact) mass is 326 g/mol. The van der Waals surface area contributed by atoms with Crippen LogP contribution in [0.25, 0.3) is 0 Å². The predicted molar refractivity (Wildman–Crippen MR) is 83.2 cm³/mol. The number of carbonyl (C=O) groups is 1. The van der Waals surface area contributed by atoms with Crippen molar-refractivity contribution in [1.29, 1.82) is 0 Å². The largest absolute Gasteiger partial charge is 0.491 e. The minimum absolute atomic E-state index is 0.0257. The van der Waals surface area contributed by atoms with E-state index in [-0.39, 0.29) is 16.9 Å². The third kappa shape index (κ3) is 3.25. The van der Waals surface area contributed by atoms with Gasteiger partial charge in [0.15, 0.2) is 0 Å². The van der Waals surface area contributed by atoms with Crippen molar-refractivity contribution < 1.29 is 17.9 Å². The van der Waals surface area contributed by atoms with Crippen molar-refractivity contribution in [1.82, 2.24) is 9.21 Å².